The van der Waals surface area contributed by atoms with Crippen LogP contribution in [0.25, 0.3) is 0 Å². The van der Waals surface area contributed by atoms with Gasteiger partial charge >= 0.3 is 24.1 Å². The predicted octanol–water partition coefficient (Wildman–Crippen LogP) is 7.79. The van der Waals surface area contributed by atoms with Gasteiger partial charge in [-0.2, -0.15) is 10.2 Å². The van der Waals surface area contributed by atoms with E-state index in [9.17, 15) is 46.2 Å². The lowest BCUT2D eigenvalue weighted by molar-refractivity contribution is -0.276. The van der Waals surface area contributed by atoms with E-state index in [1.54, 1.807) is 21.5 Å². The second-order valence-corrected chi connectivity index (χ2v) is 21.1. The molecule has 4 amide bonds. The molecule has 8 rings (SSSR count). The van der Waals surface area contributed by atoms with E-state index in [-0.39, 0.29) is 41.7 Å². The largest absolute Gasteiger partial charge is 0.574 e. The normalized spacial score (nSPS) is 21.3. The molecule has 22 nitrogen and oxygen atoms in total. The zero-order chi connectivity index (χ0) is 53.1. The first-order valence-electron chi connectivity index (χ1n) is 22.9. The number of amides is 4. The number of aromatic nitrogens is 8. The second-order valence-electron chi connectivity index (χ2n) is 20.7. The zero-order valence-electron chi connectivity index (χ0n) is 41.2. The van der Waals surface area contributed by atoms with E-state index in [4.69, 9.17) is 25.8 Å². The van der Waals surface area contributed by atoms with Gasteiger partial charge in [-0.3, -0.25) is 23.9 Å². The van der Waals surface area contributed by atoms with Gasteiger partial charge in [-0.05, 0) is 81.1 Å². The van der Waals surface area contributed by atoms with Crippen LogP contribution in [0.1, 0.15) is 138 Å². The van der Waals surface area contributed by atoms with Crippen LogP contribution in [0.4, 0.5) is 43.2 Å². The van der Waals surface area contributed by atoms with Crippen LogP contribution < -0.4 is 25.4 Å². The number of hydrogen-bond donors (Lipinski definition) is 4. The molecule has 6 heterocycles. The fourth-order valence-electron chi connectivity index (χ4n) is 8.19. The highest BCUT2D eigenvalue weighted by Crippen LogP contribution is 2.46. The molecule has 0 unspecified atom stereocenters. The Morgan fingerprint density at radius 2 is 1.21 bits per heavy atom. The third kappa shape index (κ3) is 13.1. The van der Waals surface area contributed by atoms with Crippen LogP contribution in [0.3, 0.4) is 0 Å². The van der Waals surface area contributed by atoms with Gasteiger partial charge in [0.1, 0.15) is 41.3 Å². The standard InChI is InChI=1S/C22H29ClF2N6O5.C22H29F3N6O5/c1-20(2,3)31-16(26-18(32)14-10-17(28-29(14)5)36-22(23,24)25)9-13(27-31)15-8-12(11-35-15)30(19(33)34)21(4)6-7-21;1-20(2,3)31-16(26-18(32)14-10-17(29-30(14)5)36-22(23,24)25)9-13(28-31)15-8-12(11-34-15)35-19(33)27-21(4)6-7-21/h9-10,12,15H,6-8,11H2,1-5H3,(H,26,32)(H,33,34);9-10,12,15H,6-8,11H2,1-5H3,(H,26,32)(H,27,33)/t2*12-,15-/m11/s1. The smallest absolute Gasteiger partial charge is 0.465 e. The van der Waals surface area contributed by atoms with Crippen molar-refractivity contribution in [2.24, 2.45) is 14.1 Å². The van der Waals surface area contributed by atoms with E-state index < -0.39 is 77.1 Å². The number of carbonyl (C=O) groups is 4. The first-order valence-corrected chi connectivity index (χ1v) is 23.2. The highest BCUT2D eigenvalue weighted by Gasteiger charge is 2.51. The summed E-state index contributed by atoms with van der Waals surface area (Å²) in [5.74, 6) is -1.91. The van der Waals surface area contributed by atoms with Gasteiger partial charge < -0.3 is 44.7 Å². The molecule has 0 radical (unpaired) electrons. The van der Waals surface area contributed by atoms with Gasteiger partial charge in [0.15, 0.2) is 0 Å². The number of ether oxygens (including phenoxy) is 5. The van der Waals surface area contributed by atoms with Crippen molar-refractivity contribution >= 4 is 47.2 Å². The van der Waals surface area contributed by atoms with Crippen LogP contribution in [0.15, 0.2) is 24.3 Å². The number of carbonyl (C=O) groups excluding carboxylic acids is 3. The number of rotatable bonds is 13. The predicted molar refractivity (Wildman–Crippen MR) is 244 cm³/mol. The van der Waals surface area contributed by atoms with Crippen molar-refractivity contribution in [3.8, 4) is 11.8 Å². The van der Waals surface area contributed by atoms with Crippen molar-refractivity contribution in [3.63, 3.8) is 0 Å². The Labute approximate surface area is 414 Å². The number of alkyl carbamates (subject to hydrolysis) is 1. The Morgan fingerprint density at radius 1 is 0.736 bits per heavy atom. The third-order valence-electron chi connectivity index (χ3n) is 12.2. The lowest BCUT2D eigenvalue weighted by Gasteiger charge is -2.31. The molecule has 4 aromatic rings. The van der Waals surface area contributed by atoms with Gasteiger partial charge in [-0.1, -0.05) is 0 Å². The molecule has 72 heavy (non-hydrogen) atoms. The van der Waals surface area contributed by atoms with Crippen LogP contribution in [-0.4, -0.2) is 121 Å². The minimum absolute atomic E-state index is 0.0407. The number of hydrogen-bond acceptors (Lipinski definition) is 13. The molecular formula is C44H58ClF5N12O10. The first kappa shape index (κ1) is 53.6. The van der Waals surface area contributed by atoms with Gasteiger partial charge in [0.05, 0.1) is 41.7 Å². The van der Waals surface area contributed by atoms with Crippen LogP contribution in [0, 0.1) is 0 Å². The second kappa shape index (κ2) is 19.3. The topological polar surface area (TPSA) is 245 Å². The molecule has 4 N–H and O–H groups in total. The van der Waals surface area contributed by atoms with Gasteiger partial charge in [0.25, 0.3) is 11.8 Å². The number of nitrogens with one attached hydrogen (secondary N) is 3. The van der Waals surface area contributed by atoms with Gasteiger partial charge in [-0.25, -0.2) is 19.0 Å². The van der Waals surface area contributed by atoms with E-state index in [1.807, 2.05) is 55.4 Å². The first-order chi connectivity index (χ1) is 33.2. The molecule has 4 fully saturated rings. The Hall–Kier alpha value is -6.22. The molecule has 4 aromatic heterocycles. The van der Waals surface area contributed by atoms with Crippen molar-refractivity contribution in [2.75, 3.05) is 23.8 Å². The summed E-state index contributed by atoms with van der Waals surface area (Å²) in [6.07, 6.45) is -3.46. The van der Waals surface area contributed by atoms with Crippen molar-refractivity contribution in [2.45, 2.75) is 152 Å². The highest BCUT2D eigenvalue weighted by molar-refractivity contribution is 6.20. The maximum atomic E-state index is 13.0. The summed E-state index contributed by atoms with van der Waals surface area (Å²) in [7, 11) is 2.73. The van der Waals surface area contributed by atoms with E-state index in [0.29, 0.717) is 35.9 Å². The number of nitrogens with zero attached hydrogens (tertiary/aromatic N) is 9. The highest BCUT2D eigenvalue weighted by atomic mass is 35.5. The fraction of sp³-hybridized carbons (Fsp3) is 0.636. The minimum Gasteiger partial charge on any atom is -0.465 e. The summed E-state index contributed by atoms with van der Waals surface area (Å²) in [5.41, 5.74) is -4.72. The molecule has 2 saturated heterocycles. The van der Waals surface area contributed by atoms with Gasteiger partial charge in [0, 0.05) is 73.9 Å². The van der Waals surface area contributed by atoms with Crippen LogP contribution in [0.2, 0.25) is 0 Å². The van der Waals surface area contributed by atoms with E-state index >= 15 is 0 Å². The van der Waals surface area contributed by atoms with Crippen molar-refractivity contribution in [1.29, 1.82) is 0 Å². The fourth-order valence-corrected chi connectivity index (χ4v) is 8.27. The molecule has 2 aliphatic carbocycles. The quantitative estimate of drug-likeness (QED) is 0.0738. The molecule has 4 atom stereocenters. The number of carboxylic acid groups (broad SMARTS) is 1. The van der Waals surface area contributed by atoms with Crippen LogP contribution in [-0.2, 0) is 39.4 Å². The molecule has 0 spiro atoms. The van der Waals surface area contributed by atoms with E-state index in [0.717, 1.165) is 47.2 Å². The lowest BCUT2D eigenvalue weighted by atomic mass is 10.1. The summed E-state index contributed by atoms with van der Waals surface area (Å²) < 4.78 is 94.0. The summed E-state index contributed by atoms with van der Waals surface area (Å²) in [6, 6.07) is 4.95. The molecule has 4 aliphatic rings. The van der Waals surface area contributed by atoms with Crippen molar-refractivity contribution < 1.29 is 69.9 Å². The van der Waals surface area contributed by atoms with E-state index in [2.05, 4.69) is 45.8 Å². The van der Waals surface area contributed by atoms with Gasteiger partial charge in [0.2, 0.25) is 11.8 Å². The molecule has 2 aliphatic heterocycles. The number of aryl methyl sites for hydroxylation is 2. The van der Waals surface area contributed by atoms with E-state index in [1.165, 1.54) is 19.0 Å². The molecule has 2 saturated carbocycles. The number of halogens is 6. The Morgan fingerprint density at radius 3 is 1.64 bits per heavy atom. The summed E-state index contributed by atoms with van der Waals surface area (Å²) >= 11 is 4.79. The maximum Gasteiger partial charge on any atom is 0.574 e. The zero-order valence-corrected chi connectivity index (χ0v) is 41.9. The SMILES string of the molecule is Cn1nc(OC(F)(F)Cl)cc1C(=O)Nc1cc([C@H]2C[C@@H](N(C(=O)O)C3(C)CC3)CO2)nn1C(C)(C)C.Cn1nc(OC(F)(F)F)cc1C(=O)Nc1cc([C@H]2C[C@@H](OC(=O)NC3(C)CC3)CO2)nn1C(C)(C)C. The Kier molecular flexibility index (Phi) is 14.4. The van der Waals surface area contributed by atoms with Gasteiger partial charge in [-0.15, -0.1) is 32.1 Å². The number of anilines is 2. The lowest BCUT2D eigenvalue weighted by Crippen LogP contribution is -2.47. The van der Waals surface area contributed by atoms with Crippen molar-refractivity contribution in [1.82, 2.24) is 49.3 Å². The van der Waals surface area contributed by atoms with Crippen LogP contribution >= 0.6 is 11.6 Å². The maximum absolute atomic E-state index is 13.0. The Bertz CT molecular complexity index is 2670. The third-order valence-corrected chi connectivity index (χ3v) is 12.3. The molecule has 0 bridgehead atoms. The monoisotopic (exact) mass is 1040 g/mol. The summed E-state index contributed by atoms with van der Waals surface area (Å²) in [6.45, 7) is 15.7. The molecule has 28 heteroatoms. The molecular weight excluding hydrogens is 987 g/mol. The minimum atomic E-state index is -4.93. The average Bonchev–Trinajstić information content (AvgIpc) is 3.69. The number of alkyl halides is 6. The molecule has 396 valence electrons. The summed E-state index contributed by atoms with van der Waals surface area (Å²) in [4.78, 5) is 51.3. The summed E-state index contributed by atoms with van der Waals surface area (Å²) in [5, 5.41) is 34.6. The van der Waals surface area contributed by atoms with Crippen molar-refractivity contribution in [3.05, 3.63) is 47.0 Å². The Balaban J connectivity index is 0.000000211. The average molecular weight is 1050 g/mol. The van der Waals surface area contributed by atoms with Crippen LogP contribution in [0.5, 0.6) is 11.8 Å². The molecule has 0 aromatic carbocycles.